The Hall–Kier alpha value is -2.19. The summed E-state index contributed by atoms with van der Waals surface area (Å²) in [6, 6.07) is 5.77. The zero-order chi connectivity index (χ0) is 14.0. The van der Waals surface area contributed by atoms with Gasteiger partial charge in [0, 0.05) is 18.2 Å². The Morgan fingerprint density at radius 1 is 1.53 bits per heavy atom. The highest BCUT2D eigenvalue weighted by Gasteiger charge is 2.15. The highest BCUT2D eigenvalue weighted by atomic mass is 79.9. The second-order valence-electron chi connectivity index (χ2n) is 3.90. The largest absolute Gasteiger partial charge is 0.267 e. The number of nitriles is 1. The standard InChI is InChI=1S/C14H11BrN4/c1-4-9-5-10(7-16)11(6-13(9)17-2)14-12(15)8-18-19(14)3/h4-6,8H,1-2H2,3H3. The molecular formula is C14H11BrN4. The van der Waals surface area contributed by atoms with Crippen LogP contribution in [0.15, 0.2) is 34.4 Å². The molecule has 1 aromatic carbocycles. The number of rotatable bonds is 3. The van der Waals surface area contributed by atoms with E-state index in [9.17, 15) is 5.26 Å². The highest BCUT2D eigenvalue weighted by molar-refractivity contribution is 9.10. The van der Waals surface area contributed by atoms with Gasteiger partial charge in [-0.3, -0.25) is 9.67 Å². The van der Waals surface area contributed by atoms with Crippen molar-refractivity contribution in [2.24, 2.45) is 12.0 Å². The third-order valence-electron chi connectivity index (χ3n) is 2.83. The van der Waals surface area contributed by atoms with Crippen molar-refractivity contribution >= 4 is 34.4 Å². The van der Waals surface area contributed by atoms with E-state index < -0.39 is 0 Å². The van der Waals surface area contributed by atoms with Crippen molar-refractivity contribution in [3.63, 3.8) is 0 Å². The van der Waals surface area contributed by atoms with Crippen LogP contribution in [-0.2, 0) is 7.05 Å². The number of nitrogens with zero attached hydrogens (tertiary/aromatic N) is 4. The molecule has 0 amide bonds. The van der Waals surface area contributed by atoms with E-state index in [1.807, 2.05) is 13.1 Å². The number of hydrogen-bond acceptors (Lipinski definition) is 3. The molecule has 4 nitrogen and oxygen atoms in total. The van der Waals surface area contributed by atoms with E-state index in [-0.39, 0.29) is 0 Å². The van der Waals surface area contributed by atoms with Crippen molar-refractivity contribution in [1.29, 1.82) is 5.26 Å². The molecule has 94 valence electrons. The summed E-state index contributed by atoms with van der Waals surface area (Å²) in [5, 5.41) is 13.5. The lowest BCUT2D eigenvalue weighted by Crippen LogP contribution is -1.96. The van der Waals surface area contributed by atoms with Gasteiger partial charge in [0.15, 0.2) is 0 Å². The normalized spacial score (nSPS) is 9.95. The maximum Gasteiger partial charge on any atom is 0.0999 e. The molecule has 1 heterocycles. The Morgan fingerprint density at radius 2 is 2.26 bits per heavy atom. The number of aryl methyl sites for hydroxylation is 1. The van der Waals surface area contributed by atoms with Gasteiger partial charge in [-0.25, -0.2) is 0 Å². The molecule has 0 atom stereocenters. The summed E-state index contributed by atoms with van der Waals surface area (Å²) in [4.78, 5) is 3.97. The Balaban J connectivity index is 2.80. The van der Waals surface area contributed by atoms with Gasteiger partial charge in [0.1, 0.15) is 0 Å². The predicted molar refractivity (Wildman–Crippen MR) is 80.4 cm³/mol. The Labute approximate surface area is 119 Å². The summed E-state index contributed by atoms with van der Waals surface area (Å²) in [5.74, 6) is 0. The Kier molecular flexibility index (Phi) is 3.63. The second-order valence-corrected chi connectivity index (χ2v) is 4.75. The topological polar surface area (TPSA) is 54.0 Å². The molecule has 0 saturated heterocycles. The fourth-order valence-electron chi connectivity index (χ4n) is 1.91. The number of aromatic nitrogens is 2. The zero-order valence-electron chi connectivity index (χ0n) is 10.4. The first-order valence-electron chi connectivity index (χ1n) is 5.47. The van der Waals surface area contributed by atoms with Gasteiger partial charge in [-0.2, -0.15) is 10.4 Å². The molecule has 2 aromatic rings. The fourth-order valence-corrected chi connectivity index (χ4v) is 2.47. The van der Waals surface area contributed by atoms with Gasteiger partial charge in [0.25, 0.3) is 0 Å². The molecule has 0 aliphatic heterocycles. The molecule has 1 aromatic heterocycles. The summed E-state index contributed by atoms with van der Waals surface area (Å²) in [7, 11) is 1.82. The minimum atomic E-state index is 0.548. The Morgan fingerprint density at radius 3 is 2.74 bits per heavy atom. The quantitative estimate of drug-likeness (QED) is 0.811. The molecule has 19 heavy (non-hydrogen) atoms. The lowest BCUT2D eigenvalue weighted by molar-refractivity contribution is 0.775. The summed E-state index contributed by atoms with van der Waals surface area (Å²) in [6.07, 6.45) is 3.35. The van der Waals surface area contributed by atoms with Crippen molar-refractivity contribution in [2.45, 2.75) is 0 Å². The second kappa shape index (κ2) is 5.21. The SMILES string of the molecule is C=Cc1cc(C#N)c(-c2c(Br)cnn2C)cc1N=C. The van der Waals surface area contributed by atoms with Gasteiger partial charge in [0.2, 0.25) is 0 Å². The molecule has 0 spiro atoms. The van der Waals surface area contributed by atoms with Crippen LogP contribution in [0.5, 0.6) is 0 Å². The smallest absolute Gasteiger partial charge is 0.0999 e. The maximum atomic E-state index is 9.31. The molecular weight excluding hydrogens is 304 g/mol. The van der Waals surface area contributed by atoms with E-state index in [4.69, 9.17) is 0 Å². The molecule has 2 rings (SSSR count). The zero-order valence-corrected chi connectivity index (χ0v) is 12.0. The van der Waals surface area contributed by atoms with Crippen molar-refractivity contribution < 1.29 is 0 Å². The van der Waals surface area contributed by atoms with Crippen LogP contribution in [0.1, 0.15) is 11.1 Å². The number of halogens is 1. The number of hydrogen-bond donors (Lipinski definition) is 0. The van der Waals surface area contributed by atoms with E-state index in [0.29, 0.717) is 11.3 Å². The van der Waals surface area contributed by atoms with Crippen LogP contribution in [0.2, 0.25) is 0 Å². The van der Waals surface area contributed by atoms with Gasteiger partial charge >= 0.3 is 0 Å². The molecule has 5 heteroatoms. The summed E-state index contributed by atoms with van der Waals surface area (Å²) in [5.41, 5.74) is 3.62. The highest BCUT2D eigenvalue weighted by Crippen LogP contribution is 2.35. The molecule has 0 aliphatic carbocycles. The van der Waals surface area contributed by atoms with E-state index in [1.165, 1.54) is 0 Å². The fraction of sp³-hybridized carbons (Fsp3) is 0.0714. The number of benzene rings is 1. The van der Waals surface area contributed by atoms with Crippen LogP contribution in [0, 0.1) is 11.3 Å². The molecule has 0 unspecified atom stereocenters. The first-order chi connectivity index (χ1) is 9.12. The van der Waals surface area contributed by atoms with Crippen LogP contribution >= 0.6 is 15.9 Å². The minimum absolute atomic E-state index is 0.548. The summed E-state index contributed by atoms with van der Waals surface area (Å²) < 4.78 is 2.54. The van der Waals surface area contributed by atoms with Gasteiger partial charge in [0.05, 0.1) is 33.7 Å². The molecule has 0 bridgehead atoms. The molecule has 0 fully saturated rings. The van der Waals surface area contributed by atoms with E-state index >= 15 is 0 Å². The average molecular weight is 315 g/mol. The van der Waals surface area contributed by atoms with Gasteiger partial charge in [-0.05, 0) is 34.8 Å². The van der Waals surface area contributed by atoms with Crippen LogP contribution in [0.25, 0.3) is 17.3 Å². The third-order valence-corrected chi connectivity index (χ3v) is 3.41. The van der Waals surface area contributed by atoms with Crippen molar-refractivity contribution in [1.82, 2.24) is 9.78 Å². The van der Waals surface area contributed by atoms with E-state index in [2.05, 4.69) is 45.4 Å². The van der Waals surface area contributed by atoms with Crippen molar-refractivity contribution in [3.05, 3.63) is 40.5 Å². The van der Waals surface area contributed by atoms with E-state index in [0.717, 1.165) is 21.3 Å². The Bertz CT molecular complexity index is 687. The minimum Gasteiger partial charge on any atom is -0.267 e. The number of aliphatic imine (C=N–C) groups is 1. The summed E-state index contributed by atoms with van der Waals surface area (Å²) in [6.45, 7) is 7.27. The molecule has 0 aliphatic rings. The maximum absolute atomic E-state index is 9.31. The van der Waals surface area contributed by atoms with Crippen LogP contribution in [0.3, 0.4) is 0 Å². The van der Waals surface area contributed by atoms with E-state index in [1.54, 1.807) is 23.0 Å². The monoisotopic (exact) mass is 314 g/mol. The van der Waals surface area contributed by atoms with Crippen molar-refractivity contribution in [2.75, 3.05) is 0 Å². The van der Waals surface area contributed by atoms with Crippen LogP contribution in [-0.4, -0.2) is 16.5 Å². The lowest BCUT2D eigenvalue weighted by Gasteiger charge is -2.09. The summed E-state index contributed by atoms with van der Waals surface area (Å²) >= 11 is 3.44. The average Bonchev–Trinajstić information content (AvgIpc) is 2.76. The lowest BCUT2D eigenvalue weighted by atomic mass is 10.00. The van der Waals surface area contributed by atoms with Gasteiger partial charge in [-0.1, -0.05) is 12.7 Å². The van der Waals surface area contributed by atoms with Gasteiger partial charge < -0.3 is 0 Å². The predicted octanol–water partition coefficient (Wildman–Crippen LogP) is 3.70. The first kappa shape index (κ1) is 13.2. The molecule has 0 N–H and O–H groups in total. The van der Waals surface area contributed by atoms with Crippen LogP contribution in [0.4, 0.5) is 5.69 Å². The van der Waals surface area contributed by atoms with Crippen molar-refractivity contribution in [3.8, 4) is 17.3 Å². The first-order valence-corrected chi connectivity index (χ1v) is 6.26. The molecule has 0 radical (unpaired) electrons. The van der Waals surface area contributed by atoms with Crippen LogP contribution < -0.4 is 0 Å². The van der Waals surface area contributed by atoms with Gasteiger partial charge in [-0.15, -0.1) is 0 Å². The molecule has 0 saturated carbocycles. The third kappa shape index (κ3) is 2.23.